The van der Waals surface area contributed by atoms with Gasteiger partial charge < -0.3 is 9.84 Å². The fourth-order valence-corrected chi connectivity index (χ4v) is 3.28. The van der Waals surface area contributed by atoms with E-state index < -0.39 is 22.2 Å². The van der Waals surface area contributed by atoms with E-state index in [1.54, 1.807) is 0 Å². The van der Waals surface area contributed by atoms with Crippen molar-refractivity contribution in [2.75, 3.05) is 26.8 Å². The van der Waals surface area contributed by atoms with Gasteiger partial charge >= 0.3 is 5.97 Å². The molecule has 2 N–H and O–H groups in total. The normalized spacial score (nSPS) is 20.3. The highest BCUT2D eigenvalue weighted by Gasteiger charge is 2.29. The van der Waals surface area contributed by atoms with Gasteiger partial charge in [0.1, 0.15) is 6.04 Å². The zero-order chi connectivity index (χ0) is 13.6. The average Bonchev–Trinajstić information content (AvgIpc) is 2.57. The van der Waals surface area contributed by atoms with Crippen molar-refractivity contribution in [3.63, 3.8) is 0 Å². The van der Waals surface area contributed by atoms with E-state index in [2.05, 4.69) is 4.72 Å². The Bertz CT molecular complexity index is 362. The standard InChI is InChI=1S/C10H20N2O5S/c1-17-8-9(10(13)14)11-18(15,16)12-6-4-2-3-5-7-12/h9,11H,2-8H2,1H3,(H,13,14). The van der Waals surface area contributed by atoms with E-state index >= 15 is 0 Å². The summed E-state index contributed by atoms with van der Waals surface area (Å²) in [5.41, 5.74) is 0. The van der Waals surface area contributed by atoms with Crippen molar-refractivity contribution >= 4 is 16.2 Å². The Morgan fingerprint density at radius 3 is 2.33 bits per heavy atom. The number of aliphatic carboxylic acids is 1. The molecule has 0 amide bonds. The van der Waals surface area contributed by atoms with Crippen molar-refractivity contribution in [1.82, 2.24) is 9.03 Å². The van der Waals surface area contributed by atoms with E-state index in [1.165, 1.54) is 11.4 Å². The molecule has 0 radical (unpaired) electrons. The maximum absolute atomic E-state index is 12.0. The number of hydrogen-bond donors (Lipinski definition) is 2. The Morgan fingerprint density at radius 2 is 1.89 bits per heavy atom. The van der Waals surface area contributed by atoms with Gasteiger partial charge in [-0.15, -0.1) is 0 Å². The highest BCUT2D eigenvalue weighted by molar-refractivity contribution is 7.87. The number of hydrogen-bond acceptors (Lipinski definition) is 4. The smallest absolute Gasteiger partial charge is 0.324 e. The minimum atomic E-state index is -3.75. The third-order valence-corrected chi connectivity index (χ3v) is 4.45. The molecule has 1 saturated heterocycles. The van der Waals surface area contributed by atoms with Crippen molar-refractivity contribution in [2.24, 2.45) is 0 Å². The molecule has 1 heterocycles. The molecule has 0 saturated carbocycles. The van der Waals surface area contributed by atoms with E-state index in [0.29, 0.717) is 13.1 Å². The van der Waals surface area contributed by atoms with E-state index in [1.807, 2.05) is 0 Å². The number of methoxy groups -OCH3 is 1. The van der Waals surface area contributed by atoms with Crippen LogP contribution in [-0.2, 0) is 19.7 Å². The molecule has 106 valence electrons. The number of nitrogens with one attached hydrogen (secondary N) is 1. The Hall–Kier alpha value is -0.700. The van der Waals surface area contributed by atoms with Crippen LogP contribution in [0, 0.1) is 0 Å². The average molecular weight is 280 g/mol. The van der Waals surface area contributed by atoms with Gasteiger partial charge in [-0.25, -0.2) is 0 Å². The summed E-state index contributed by atoms with van der Waals surface area (Å²) in [7, 11) is -2.42. The third kappa shape index (κ3) is 4.52. The molecule has 0 aromatic carbocycles. The minimum Gasteiger partial charge on any atom is -0.480 e. The third-order valence-electron chi connectivity index (χ3n) is 2.83. The molecule has 0 aromatic heterocycles. The van der Waals surface area contributed by atoms with E-state index in [-0.39, 0.29) is 6.61 Å². The van der Waals surface area contributed by atoms with Crippen molar-refractivity contribution in [1.29, 1.82) is 0 Å². The maximum Gasteiger partial charge on any atom is 0.324 e. The lowest BCUT2D eigenvalue weighted by atomic mass is 10.2. The fraction of sp³-hybridized carbons (Fsp3) is 0.900. The molecule has 1 aliphatic rings. The van der Waals surface area contributed by atoms with E-state index in [9.17, 15) is 13.2 Å². The van der Waals surface area contributed by atoms with Crippen molar-refractivity contribution < 1.29 is 23.1 Å². The fourth-order valence-electron chi connectivity index (χ4n) is 1.86. The van der Waals surface area contributed by atoms with E-state index in [0.717, 1.165) is 25.7 Å². The lowest BCUT2D eigenvalue weighted by molar-refractivity contribution is -0.140. The van der Waals surface area contributed by atoms with Gasteiger partial charge in [0.2, 0.25) is 0 Å². The summed E-state index contributed by atoms with van der Waals surface area (Å²) in [6.45, 7) is 0.686. The quantitative estimate of drug-likeness (QED) is 0.702. The van der Waals surface area contributed by atoms with Crippen LogP contribution < -0.4 is 4.72 Å². The Balaban J connectivity index is 2.69. The monoisotopic (exact) mass is 280 g/mol. The summed E-state index contributed by atoms with van der Waals surface area (Å²) in [5, 5.41) is 8.90. The Labute approximate surface area is 107 Å². The van der Waals surface area contributed by atoms with Crippen LogP contribution in [0.15, 0.2) is 0 Å². The second kappa shape index (κ2) is 7.03. The lowest BCUT2D eigenvalue weighted by Crippen LogP contribution is -2.50. The number of carboxylic acids is 1. The maximum atomic E-state index is 12.0. The number of nitrogens with zero attached hydrogens (tertiary/aromatic N) is 1. The largest absolute Gasteiger partial charge is 0.480 e. The minimum absolute atomic E-state index is 0.192. The summed E-state index contributed by atoms with van der Waals surface area (Å²) in [6.07, 6.45) is 3.63. The van der Waals surface area contributed by atoms with Crippen LogP contribution in [-0.4, -0.2) is 56.6 Å². The molecule has 0 spiro atoms. The zero-order valence-corrected chi connectivity index (χ0v) is 11.3. The first-order chi connectivity index (χ1) is 8.47. The van der Waals surface area contributed by atoms with E-state index in [4.69, 9.17) is 9.84 Å². The highest BCUT2D eigenvalue weighted by atomic mass is 32.2. The first kappa shape index (κ1) is 15.4. The van der Waals surface area contributed by atoms with Gasteiger partial charge in [-0.3, -0.25) is 4.79 Å². The second-order valence-electron chi connectivity index (χ2n) is 4.28. The molecule has 7 nitrogen and oxygen atoms in total. The van der Waals surface area contributed by atoms with Gasteiger partial charge in [0.05, 0.1) is 6.61 Å². The van der Waals surface area contributed by atoms with Gasteiger partial charge in [-0.1, -0.05) is 12.8 Å². The van der Waals surface area contributed by atoms with Crippen LogP contribution in [0.3, 0.4) is 0 Å². The Morgan fingerprint density at radius 1 is 1.33 bits per heavy atom. The molecule has 1 fully saturated rings. The summed E-state index contributed by atoms with van der Waals surface area (Å²) < 4.78 is 32.2. The number of carboxylic acid groups (broad SMARTS) is 1. The molecule has 0 aliphatic carbocycles. The van der Waals surface area contributed by atoms with Crippen molar-refractivity contribution in [2.45, 2.75) is 31.7 Å². The SMILES string of the molecule is COCC(NS(=O)(=O)N1CCCCCC1)C(=O)O. The van der Waals surface area contributed by atoms with Gasteiger partial charge in [0.15, 0.2) is 0 Å². The first-order valence-corrected chi connectivity index (χ1v) is 7.40. The lowest BCUT2D eigenvalue weighted by Gasteiger charge is -2.22. The Kier molecular flexibility index (Phi) is 6.00. The summed E-state index contributed by atoms with van der Waals surface area (Å²) in [5.74, 6) is -1.24. The molecule has 1 aliphatic heterocycles. The molecule has 0 bridgehead atoms. The molecular weight excluding hydrogens is 260 g/mol. The number of rotatable bonds is 6. The van der Waals surface area contributed by atoms with Crippen LogP contribution in [0.2, 0.25) is 0 Å². The van der Waals surface area contributed by atoms with Gasteiger partial charge in [-0.2, -0.15) is 17.4 Å². The molecule has 8 heteroatoms. The van der Waals surface area contributed by atoms with Crippen LogP contribution in [0.25, 0.3) is 0 Å². The molecule has 18 heavy (non-hydrogen) atoms. The topological polar surface area (TPSA) is 95.9 Å². The molecule has 1 atom stereocenters. The molecule has 0 aromatic rings. The zero-order valence-electron chi connectivity index (χ0n) is 10.5. The van der Waals surface area contributed by atoms with Gasteiger partial charge in [-0.05, 0) is 12.8 Å². The van der Waals surface area contributed by atoms with Crippen LogP contribution in [0.1, 0.15) is 25.7 Å². The van der Waals surface area contributed by atoms with Crippen molar-refractivity contribution in [3.8, 4) is 0 Å². The predicted molar refractivity (Wildman–Crippen MR) is 65.4 cm³/mol. The van der Waals surface area contributed by atoms with Crippen molar-refractivity contribution in [3.05, 3.63) is 0 Å². The molecule has 1 unspecified atom stereocenters. The number of ether oxygens (including phenoxy) is 1. The van der Waals surface area contributed by atoms with Crippen LogP contribution >= 0.6 is 0 Å². The first-order valence-electron chi connectivity index (χ1n) is 5.96. The predicted octanol–water partition coefficient (Wildman–Crippen LogP) is -0.204. The van der Waals surface area contributed by atoms with Gasteiger partial charge in [0.25, 0.3) is 10.2 Å². The summed E-state index contributed by atoms with van der Waals surface area (Å²) in [4.78, 5) is 10.9. The molecular formula is C10H20N2O5S. The highest BCUT2D eigenvalue weighted by Crippen LogP contribution is 2.12. The van der Waals surface area contributed by atoms with Crippen LogP contribution in [0.4, 0.5) is 0 Å². The van der Waals surface area contributed by atoms with Gasteiger partial charge in [0, 0.05) is 20.2 Å². The summed E-state index contributed by atoms with van der Waals surface area (Å²) in [6, 6.07) is -1.25. The number of carbonyl (C=O) groups is 1. The molecule has 1 rings (SSSR count). The second-order valence-corrected chi connectivity index (χ2v) is 5.98. The van der Waals surface area contributed by atoms with Crippen LogP contribution in [0.5, 0.6) is 0 Å². The summed E-state index contributed by atoms with van der Waals surface area (Å²) >= 11 is 0.